The molecular formula is C24H36O5. The van der Waals surface area contributed by atoms with Gasteiger partial charge in [0, 0.05) is 6.42 Å². The molecule has 0 heterocycles. The first-order valence-electron chi connectivity index (χ1n) is 10.8. The van der Waals surface area contributed by atoms with Gasteiger partial charge in [-0.1, -0.05) is 42.5 Å². The number of esters is 1. The maximum absolute atomic E-state index is 11.1. The van der Waals surface area contributed by atoms with Crippen molar-refractivity contribution in [1.29, 1.82) is 0 Å². The van der Waals surface area contributed by atoms with E-state index in [1.807, 2.05) is 30.4 Å². The van der Waals surface area contributed by atoms with E-state index in [1.165, 1.54) is 12.7 Å². The summed E-state index contributed by atoms with van der Waals surface area (Å²) in [7, 11) is 1.39. The van der Waals surface area contributed by atoms with Crippen molar-refractivity contribution in [2.24, 2.45) is 11.8 Å². The molecular weight excluding hydrogens is 368 g/mol. The van der Waals surface area contributed by atoms with Gasteiger partial charge in [-0.25, -0.2) is 0 Å². The molecule has 0 saturated heterocycles. The Kier molecular flexibility index (Phi) is 10.4. The Balaban J connectivity index is 1.73. The van der Waals surface area contributed by atoms with Crippen molar-refractivity contribution in [3.05, 3.63) is 48.0 Å². The lowest BCUT2D eigenvalue weighted by Crippen LogP contribution is -2.23. The number of unbranched alkanes of at least 4 members (excludes halogenated alkanes) is 1. The molecule has 2 rings (SSSR count). The Labute approximate surface area is 174 Å². The molecule has 1 aromatic carbocycles. The van der Waals surface area contributed by atoms with Crippen LogP contribution < -0.4 is 0 Å². The van der Waals surface area contributed by atoms with Crippen LogP contribution in [0.25, 0.3) is 0 Å². The molecule has 162 valence electrons. The summed E-state index contributed by atoms with van der Waals surface area (Å²) in [5.74, 6) is -0.169. The molecule has 5 heteroatoms. The highest BCUT2D eigenvalue weighted by atomic mass is 16.5. The van der Waals surface area contributed by atoms with E-state index in [4.69, 9.17) is 0 Å². The van der Waals surface area contributed by atoms with E-state index < -0.39 is 18.3 Å². The smallest absolute Gasteiger partial charge is 0.305 e. The van der Waals surface area contributed by atoms with Crippen LogP contribution in [0.3, 0.4) is 0 Å². The number of aryl methyl sites for hydroxylation is 1. The highest BCUT2D eigenvalue weighted by Crippen LogP contribution is 2.38. The Morgan fingerprint density at radius 1 is 1.14 bits per heavy atom. The molecule has 0 aromatic heterocycles. The monoisotopic (exact) mass is 404 g/mol. The molecule has 0 bridgehead atoms. The lowest BCUT2D eigenvalue weighted by molar-refractivity contribution is -0.140. The number of allylic oxidation sites excluding steroid dienone is 2. The van der Waals surface area contributed by atoms with Gasteiger partial charge in [-0.15, -0.1) is 0 Å². The lowest BCUT2D eigenvalue weighted by Gasteiger charge is -2.23. The third-order valence-electron chi connectivity index (χ3n) is 6.02. The Bertz CT molecular complexity index is 615. The SMILES string of the molecule is COC(=O)CCCC=CC[C@@H]1[C@@H](CC[C@@H](O)CCc2ccccc2)[C@H](O)C[C@@H]1O. The molecule has 0 amide bonds. The van der Waals surface area contributed by atoms with Crippen molar-refractivity contribution in [2.75, 3.05) is 7.11 Å². The van der Waals surface area contributed by atoms with Gasteiger partial charge in [-0.3, -0.25) is 4.79 Å². The van der Waals surface area contributed by atoms with E-state index in [1.54, 1.807) is 0 Å². The zero-order valence-electron chi connectivity index (χ0n) is 17.5. The van der Waals surface area contributed by atoms with Crippen molar-refractivity contribution in [2.45, 2.75) is 76.1 Å². The molecule has 0 unspecified atom stereocenters. The van der Waals surface area contributed by atoms with E-state index in [2.05, 4.69) is 16.9 Å². The average molecular weight is 405 g/mol. The normalized spacial score (nSPS) is 25.4. The average Bonchev–Trinajstić information content (AvgIpc) is 3.00. The van der Waals surface area contributed by atoms with Crippen LogP contribution in [-0.2, 0) is 16.0 Å². The van der Waals surface area contributed by atoms with Crippen LogP contribution in [0.5, 0.6) is 0 Å². The molecule has 1 fully saturated rings. The number of hydrogen-bond acceptors (Lipinski definition) is 5. The summed E-state index contributed by atoms with van der Waals surface area (Å²) >= 11 is 0. The molecule has 0 spiro atoms. The first-order chi connectivity index (χ1) is 14.0. The molecule has 0 radical (unpaired) electrons. The Morgan fingerprint density at radius 3 is 2.59 bits per heavy atom. The van der Waals surface area contributed by atoms with Gasteiger partial charge in [0.15, 0.2) is 0 Å². The van der Waals surface area contributed by atoms with Crippen molar-refractivity contribution >= 4 is 5.97 Å². The van der Waals surface area contributed by atoms with Crippen molar-refractivity contribution in [3.8, 4) is 0 Å². The van der Waals surface area contributed by atoms with Gasteiger partial charge in [-0.2, -0.15) is 0 Å². The second-order valence-corrected chi connectivity index (χ2v) is 8.13. The zero-order chi connectivity index (χ0) is 21.1. The molecule has 0 aliphatic heterocycles. The fourth-order valence-electron chi connectivity index (χ4n) is 4.25. The van der Waals surface area contributed by atoms with Crippen LogP contribution in [0.4, 0.5) is 0 Å². The molecule has 1 aliphatic rings. The minimum atomic E-state index is -0.510. The van der Waals surface area contributed by atoms with Gasteiger partial charge >= 0.3 is 5.97 Å². The largest absolute Gasteiger partial charge is 0.469 e. The van der Waals surface area contributed by atoms with Crippen LogP contribution in [0, 0.1) is 11.8 Å². The number of hydrogen-bond donors (Lipinski definition) is 3. The van der Waals surface area contributed by atoms with E-state index >= 15 is 0 Å². The first-order valence-corrected chi connectivity index (χ1v) is 10.8. The maximum atomic E-state index is 11.1. The molecule has 5 atom stereocenters. The number of methoxy groups -OCH3 is 1. The summed E-state index contributed by atoms with van der Waals surface area (Å²) in [6.07, 6.45) is 8.65. The maximum Gasteiger partial charge on any atom is 0.305 e. The molecule has 1 saturated carbocycles. The predicted molar refractivity (Wildman–Crippen MR) is 113 cm³/mol. The third-order valence-corrected chi connectivity index (χ3v) is 6.02. The minimum Gasteiger partial charge on any atom is -0.469 e. The van der Waals surface area contributed by atoms with E-state index in [0.29, 0.717) is 32.1 Å². The van der Waals surface area contributed by atoms with Gasteiger partial charge in [0.05, 0.1) is 25.4 Å². The predicted octanol–water partition coefficient (Wildman–Crippen LogP) is 3.41. The third kappa shape index (κ3) is 8.29. The highest BCUT2D eigenvalue weighted by Gasteiger charge is 2.40. The quantitative estimate of drug-likeness (QED) is 0.282. The van der Waals surface area contributed by atoms with Crippen molar-refractivity contribution in [3.63, 3.8) is 0 Å². The zero-order valence-corrected chi connectivity index (χ0v) is 17.5. The van der Waals surface area contributed by atoms with Crippen molar-refractivity contribution in [1.82, 2.24) is 0 Å². The number of carbonyl (C=O) groups excluding carboxylic acids is 1. The van der Waals surface area contributed by atoms with Gasteiger partial charge in [-0.05, 0) is 68.8 Å². The summed E-state index contributed by atoms with van der Waals surface area (Å²) in [5, 5.41) is 31.1. The van der Waals surface area contributed by atoms with E-state index in [9.17, 15) is 20.1 Å². The highest BCUT2D eigenvalue weighted by molar-refractivity contribution is 5.69. The standard InChI is InChI=1S/C24H36O5/c1-29-24(28)12-8-3-2-7-11-20-21(23(27)17-22(20)26)16-15-19(25)14-13-18-9-5-4-6-10-18/h2,4-7,9-10,19-23,25-27H,3,8,11-17H2,1H3/t19-,20+,21+,22-,23+/m0/s1. The van der Waals surface area contributed by atoms with E-state index in [-0.39, 0.29) is 17.8 Å². The van der Waals surface area contributed by atoms with Crippen LogP contribution in [0.2, 0.25) is 0 Å². The van der Waals surface area contributed by atoms with Gasteiger partial charge in [0.1, 0.15) is 0 Å². The van der Waals surface area contributed by atoms with Crippen LogP contribution in [0.1, 0.15) is 56.9 Å². The topological polar surface area (TPSA) is 87.0 Å². The fourth-order valence-corrected chi connectivity index (χ4v) is 4.25. The fraction of sp³-hybridized carbons (Fsp3) is 0.625. The van der Waals surface area contributed by atoms with Crippen molar-refractivity contribution < 1.29 is 24.9 Å². The molecule has 29 heavy (non-hydrogen) atoms. The second-order valence-electron chi connectivity index (χ2n) is 8.13. The number of carbonyl (C=O) groups is 1. The summed E-state index contributed by atoms with van der Waals surface area (Å²) in [4.78, 5) is 11.1. The molecule has 1 aliphatic carbocycles. The lowest BCUT2D eigenvalue weighted by atomic mass is 9.85. The molecule has 1 aromatic rings. The number of ether oxygens (including phenoxy) is 1. The summed E-state index contributed by atoms with van der Waals surface area (Å²) in [6.45, 7) is 0. The first kappa shape index (κ1) is 23.6. The summed E-state index contributed by atoms with van der Waals surface area (Å²) < 4.78 is 4.62. The van der Waals surface area contributed by atoms with Crippen LogP contribution in [-0.4, -0.2) is 46.7 Å². The molecule has 5 nitrogen and oxygen atoms in total. The van der Waals surface area contributed by atoms with E-state index in [0.717, 1.165) is 25.7 Å². The molecule has 3 N–H and O–H groups in total. The second kappa shape index (κ2) is 12.8. The van der Waals surface area contributed by atoms with Crippen LogP contribution in [0.15, 0.2) is 42.5 Å². The van der Waals surface area contributed by atoms with Gasteiger partial charge in [0.2, 0.25) is 0 Å². The number of benzene rings is 1. The Morgan fingerprint density at radius 2 is 1.86 bits per heavy atom. The van der Waals surface area contributed by atoms with Gasteiger partial charge < -0.3 is 20.1 Å². The summed E-state index contributed by atoms with van der Waals surface area (Å²) in [5.41, 5.74) is 1.22. The van der Waals surface area contributed by atoms with Crippen LogP contribution >= 0.6 is 0 Å². The summed E-state index contributed by atoms with van der Waals surface area (Å²) in [6, 6.07) is 10.1. The number of rotatable bonds is 12. The number of aliphatic hydroxyl groups is 3. The number of aliphatic hydroxyl groups excluding tert-OH is 3. The van der Waals surface area contributed by atoms with Gasteiger partial charge in [0.25, 0.3) is 0 Å². The Hall–Kier alpha value is -1.69. The minimum absolute atomic E-state index is 0.0103.